The number of rotatable bonds is 6. The molecule has 170 valence electrons. The molecule has 0 aromatic carbocycles. The lowest BCUT2D eigenvalue weighted by molar-refractivity contribution is 0.332. The van der Waals surface area contributed by atoms with Crippen molar-refractivity contribution in [2.75, 3.05) is 0 Å². The van der Waals surface area contributed by atoms with Gasteiger partial charge in [0.05, 0.1) is 8.07 Å². The molecule has 0 bridgehead atoms. The fraction of sp³-hybridized carbons (Fsp3) is 0.733. The lowest BCUT2D eigenvalue weighted by Crippen LogP contribution is -2.44. The lowest BCUT2D eigenvalue weighted by atomic mass is 9.80. The van der Waals surface area contributed by atoms with Gasteiger partial charge < -0.3 is 0 Å². The Morgan fingerprint density at radius 1 is 0.839 bits per heavy atom. The number of hydrogen-bond donors (Lipinski definition) is 0. The maximum absolute atomic E-state index is 2.85. The van der Waals surface area contributed by atoms with Crippen molar-refractivity contribution in [3.05, 3.63) is 47.6 Å². The molecule has 5 aliphatic rings. The highest BCUT2D eigenvalue weighted by Crippen LogP contribution is 2.64. The van der Waals surface area contributed by atoms with Crippen LogP contribution in [-0.4, -0.2) is 8.07 Å². The zero-order valence-electron chi connectivity index (χ0n) is 20.8. The largest absolute Gasteiger partial charge is 0.0808 e. The summed E-state index contributed by atoms with van der Waals surface area (Å²) in [5.41, 5.74) is 5.44. The van der Waals surface area contributed by atoms with Crippen LogP contribution in [0.25, 0.3) is 0 Å². The molecule has 0 nitrogen and oxygen atoms in total. The van der Waals surface area contributed by atoms with E-state index in [-0.39, 0.29) is 0 Å². The summed E-state index contributed by atoms with van der Waals surface area (Å²) in [6, 6.07) is 0. The van der Waals surface area contributed by atoms with Gasteiger partial charge in [0, 0.05) is 0 Å². The molecule has 0 heterocycles. The highest BCUT2D eigenvalue weighted by Gasteiger charge is 2.58. The second-order valence-electron chi connectivity index (χ2n) is 12.4. The molecule has 0 spiro atoms. The summed E-state index contributed by atoms with van der Waals surface area (Å²) in [6.07, 6.45) is 26.8. The maximum atomic E-state index is 2.85. The van der Waals surface area contributed by atoms with Crippen molar-refractivity contribution in [3.63, 3.8) is 0 Å². The molecule has 31 heavy (non-hydrogen) atoms. The first-order valence-corrected chi connectivity index (χ1v) is 16.9. The van der Waals surface area contributed by atoms with E-state index in [9.17, 15) is 0 Å². The Morgan fingerprint density at radius 2 is 1.48 bits per heavy atom. The van der Waals surface area contributed by atoms with E-state index in [0.717, 1.165) is 52.5 Å². The topological polar surface area (TPSA) is 0 Å². The smallest absolute Gasteiger partial charge is 0.0550 e. The third kappa shape index (κ3) is 3.53. The van der Waals surface area contributed by atoms with Gasteiger partial charge in [-0.05, 0) is 95.8 Å². The molecule has 9 unspecified atom stereocenters. The quantitative estimate of drug-likeness (QED) is 0.366. The minimum Gasteiger partial charge on any atom is -0.0808 e. The van der Waals surface area contributed by atoms with Crippen LogP contribution in [0.1, 0.15) is 72.1 Å². The van der Waals surface area contributed by atoms with Crippen LogP contribution in [0.4, 0.5) is 0 Å². The van der Waals surface area contributed by atoms with Crippen molar-refractivity contribution >= 4 is 8.07 Å². The van der Waals surface area contributed by atoms with Crippen molar-refractivity contribution in [1.82, 2.24) is 0 Å². The molecule has 0 N–H and O–H groups in total. The zero-order valence-corrected chi connectivity index (χ0v) is 21.8. The monoisotopic (exact) mass is 434 g/mol. The number of hydrogen-bond acceptors (Lipinski definition) is 0. The van der Waals surface area contributed by atoms with Crippen LogP contribution in [0.2, 0.25) is 24.2 Å². The van der Waals surface area contributed by atoms with Crippen molar-refractivity contribution in [2.24, 2.45) is 41.4 Å². The van der Waals surface area contributed by atoms with E-state index in [2.05, 4.69) is 70.3 Å². The van der Waals surface area contributed by atoms with E-state index in [0.29, 0.717) is 0 Å². The summed E-state index contributed by atoms with van der Waals surface area (Å²) >= 11 is 0. The summed E-state index contributed by atoms with van der Waals surface area (Å²) in [4.78, 5) is 0. The first kappa shape index (κ1) is 22.0. The van der Waals surface area contributed by atoms with Crippen molar-refractivity contribution in [2.45, 2.75) is 96.3 Å². The minimum absolute atomic E-state index is 0.811. The predicted octanol–water partition coefficient (Wildman–Crippen LogP) is 8.96. The van der Waals surface area contributed by atoms with E-state index < -0.39 is 8.07 Å². The van der Waals surface area contributed by atoms with Crippen LogP contribution >= 0.6 is 0 Å². The van der Waals surface area contributed by atoms with Gasteiger partial charge in [0.2, 0.25) is 0 Å². The third-order valence-corrected chi connectivity index (χ3v) is 15.7. The summed E-state index contributed by atoms with van der Waals surface area (Å²) in [7, 11) is -1.46. The standard InChI is InChI=1S/C30H46Si/c1-6-11-23-19-29(28-18-22-14-10-13-21(22)17-27(23)28)31(4,5)30-20(3)24(12-7-2)25-15-8-9-16-26(25)30/h8-9,15-18,20,23-30H,6-7,10-14,19H2,1-5H3. The fourth-order valence-corrected chi connectivity index (χ4v) is 15.1. The highest BCUT2D eigenvalue weighted by molar-refractivity contribution is 6.80. The third-order valence-electron chi connectivity index (χ3n) is 10.6. The van der Waals surface area contributed by atoms with E-state index >= 15 is 0 Å². The zero-order chi connectivity index (χ0) is 21.8. The van der Waals surface area contributed by atoms with Gasteiger partial charge in [0.1, 0.15) is 0 Å². The molecular formula is C30H46Si. The van der Waals surface area contributed by atoms with Gasteiger partial charge in [-0.1, -0.05) is 89.6 Å². The summed E-state index contributed by atoms with van der Waals surface area (Å²) in [6.45, 7) is 13.1. The summed E-state index contributed by atoms with van der Waals surface area (Å²) < 4.78 is 0. The minimum atomic E-state index is -1.46. The van der Waals surface area contributed by atoms with E-state index in [4.69, 9.17) is 0 Å². The lowest BCUT2D eigenvalue weighted by Gasteiger charge is -2.44. The Balaban J connectivity index is 1.49. The molecule has 0 aromatic heterocycles. The van der Waals surface area contributed by atoms with E-state index in [1.54, 1.807) is 11.1 Å². The average Bonchev–Trinajstić information content (AvgIpc) is 3.42. The van der Waals surface area contributed by atoms with Crippen molar-refractivity contribution in [3.8, 4) is 0 Å². The molecule has 0 amide bonds. The first-order valence-electron chi connectivity index (χ1n) is 13.7. The molecule has 9 atom stereocenters. The van der Waals surface area contributed by atoms with Crippen LogP contribution in [-0.2, 0) is 0 Å². The molecule has 0 aliphatic heterocycles. The van der Waals surface area contributed by atoms with Crippen LogP contribution in [0.3, 0.4) is 0 Å². The average molecular weight is 435 g/mol. The van der Waals surface area contributed by atoms with Gasteiger partial charge in [0.15, 0.2) is 0 Å². The van der Waals surface area contributed by atoms with Crippen LogP contribution in [0.15, 0.2) is 47.6 Å². The first-order chi connectivity index (χ1) is 15.0. The Hall–Kier alpha value is -0.823. The Kier molecular flexibility index (Phi) is 6.04. The van der Waals surface area contributed by atoms with Gasteiger partial charge in [-0.15, -0.1) is 0 Å². The van der Waals surface area contributed by atoms with Crippen molar-refractivity contribution in [1.29, 1.82) is 0 Å². The molecule has 0 aromatic rings. The molecular weight excluding hydrogens is 388 g/mol. The summed E-state index contributed by atoms with van der Waals surface area (Å²) in [5.74, 6) is 6.08. The van der Waals surface area contributed by atoms with Gasteiger partial charge in [-0.3, -0.25) is 0 Å². The number of allylic oxidation sites excluding steroid dienone is 8. The van der Waals surface area contributed by atoms with Gasteiger partial charge >= 0.3 is 0 Å². The molecule has 3 fully saturated rings. The van der Waals surface area contributed by atoms with Gasteiger partial charge in [-0.2, -0.15) is 0 Å². The fourth-order valence-electron chi connectivity index (χ4n) is 9.42. The molecule has 5 aliphatic carbocycles. The van der Waals surface area contributed by atoms with Crippen LogP contribution < -0.4 is 0 Å². The molecule has 1 heteroatoms. The predicted molar refractivity (Wildman–Crippen MR) is 138 cm³/mol. The van der Waals surface area contributed by atoms with Crippen LogP contribution in [0, 0.1) is 41.4 Å². The van der Waals surface area contributed by atoms with Crippen molar-refractivity contribution < 1.29 is 0 Å². The molecule has 0 radical (unpaired) electrons. The van der Waals surface area contributed by atoms with Crippen LogP contribution in [0.5, 0.6) is 0 Å². The van der Waals surface area contributed by atoms with E-state index in [1.165, 1.54) is 51.4 Å². The highest BCUT2D eigenvalue weighted by atomic mass is 28.3. The van der Waals surface area contributed by atoms with E-state index in [1.807, 2.05) is 0 Å². The Labute approximate surface area is 193 Å². The number of fused-ring (bicyclic) bond motifs is 3. The Morgan fingerprint density at radius 3 is 2.16 bits per heavy atom. The Bertz CT molecular complexity index is 795. The van der Waals surface area contributed by atoms with Gasteiger partial charge in [-0.25, -0.2) is 0 Å². The second kappa shape index (κ2) is 8.51. The molecule has 0 saturated heterocycles. The second-order valence-corrected chi connectivity index (χ2v) is 17.4. The SMILES string of the molecule is CCCC1CC([Si](C)(C)C2C(C)C(CCC)C3C=CC=CC32)C2C=C3CCCC3=CC12. The van der Waals surface area contributed by atoms with Gasteiger partial charge in [0.25, 0.3) is 0 Å². The molecule has 5 rings (SSSR count). The summed E-state index contributed by atoms with van der Waals surface area (Å²) in [5, 5.41) is 0. The molecule has 3 saturated carbocycles. The maximum Gasteiger partial charge on any atom is 0.0550 e. The normalized spacial score (nSPS) is 43.5.